The monoisotopic (exact) mass is 158 g/mol. The van der Waals surface area contributed by atoms with Crippen LogP contribution in [0.2, 0.25) is 0 Å². The van der Waals surface area contributed by atoms with Gasteiger partial charge in [-0.1, -0.05) is 0 Å². The summed E-state index contributed by atoms with van der Waals surface area (Å²) in [6, 6.07) is 0.537. The quantitative estimate of drug-likeness (QED) is 0.617. The van der Waals surface area contributed by atoms with Gasteiger partial charge >= 0.3 is 0 Å². The van der Waals surface area contributed by atoms with E-state index in [1.54, 1.807) is 0 Å². The van der Waals surface area contributed by atoms with Gasteiger partial charge in [-0.3, -0.25) is 4.90 Å². The van der Waals surface area contributed by atoms with Crippen LogP contribution in [0.15, 0.2) is 0 Å². The summed E-state index contributed by atoms with van der Waals surface area (Å²) in [4.78, 5) is 2.38. The molecule has 0 aromatic rings. The summed E-state index contributed by atoms with van der Waals surface area (Å²) in [5, 5.41) is 0. The molecule has 0 aromatic heterocycles. The van der Waals surface area contributed by atoms with Crippen LogP contribution >= 0.6 is 0 Å². The molecule has 0 spiro atoms. The summed E-state index contributed by atoms with van der Waals surface area (Å²) in [7, 11) is 0. The van der Waals surface area contributed by atoms with Gasteiger partial charge in [-0.05, 0) is 13.8 Å². The Labute approximate surface area is 68.5 Å². The Kier molecular flexibility index (Phi) is 3.30. The highest BCUT2D eigenvalue weighted by Crippen LogP contribution is 2.09. The highest BCUT2D eigenvalue weighted by Gasteiger charge is 2.21. The molecule has 0 amide bonds. The Morgan fingerprint density at radius 3 is 2.91 bits per heavy atom. The first-order valence-electron chi connectivity index (χ1n) is 4.29. The molecule has 66 valence electrons. The maximum atomic E-state index is 5.48. The molecule has 1 aliphatic rings. The van der Waals surface area contributed by atoms with Crippen molar-refractivity contribution in [3.63, 3.8) is 0 Å². The van der Waals surface area contributed by atoms with Crippen LogP contribution in [0.5, 0.6) is 0 Å². The van der Waals surface area contributed by atoms with Gasteiger partial charge in [-0.15, -0.1) is 0 Å². The van der Waals surface area contributed by atoms with Gasteiger partial charge < -0.3 is 10.5 Å². The molecule has 0 bridgehead atoms. The van der Waals surface area contributed by atoms with Crippen molar-refractivity contribution in [3.05, 3.63) is 0 Å². The molecule has 1 heterocycles. The largest absolute Gasteiger partial charge is 0.376 e. The van der Waals surface area contributed by atoms with Gasteiger partial charge in [0.1, 0.15) is 0 Å². The summed E-state index contributed by atoms with van der Waals surface area (Å²) >= 11 is 0. The van der Waals surface area contributed by atoms with Gasteiger partial charge in [0.2, 0.25) is 0 Å². The standard InChI is InChI=1S/C8H18N2O/c1-7-6-11-8(2)5-10(7)4-3-9/h7-8H,3-6,9H2,1-2H3/t7-,8-/m0/s1. The first kappa shape index (κ1) is 8.97. The normalized spacial score (nSPS) is 34.1. The molecular weight excluding hydrogens is 140 g/mol. The SMILES string of the molecule is C[C@H]1CN(CCN)[C@@H](C)CO1. The van der Waals surface area contributed by atoms with Crippen molar-refractivity contribution < 1.29 is 4.74 Å². The Hall–Kier alpha value is -0.120. The maximum Gasteiger partial charge on any atom is 0.0674 e. The topological polar surface area (TPSA) is 38.5 Å². The molecule has 1 saturated heterocycles. The number of hydrogen-bond donors (Lipinski definition) is 1. The van der Waals surface area contributed by atoms with E-state index in [-0.39, 0.29) is 0 Å². The van der Waals surface area contributed by atoms with E-state index in [0.717, 1.165) is 26.2 Å². The van der Waals surface area contributed by atoms with Crippen molar-refractivity contribution in [2.45, 2.75) is 26.0 Å². The number of morpholine rings is 1. The van der Waals surface area contributed by atoms with E-state index in [0.29, 0.717) is 12.1 Å². The van der Waals surface area contributed by atoms with Crippen molar-refractivity contribution in [1.29, 1.82) is 0 Å². The average molecular weight is 158 g/mol. The first-order valence-corrected chi connectivity index (χ1v) is 4.29. The summed E-state index contributed by atoms with van der Waals surface area (Å²) in [5.41, 5.74) is 5.48. The van der Waals surface area contributed by atoms with Crippen molar-refractivity contribution in [2.24, 2.45) is 5.73 Å². The number of nitrogens with zero attached hydrogens (tertiary/aromatic N) is 1. The van der Waals surface area contributed by atoms with Gasteiger partial charge in [0.05, 0.1) is 12.7 Å². The molecule has 0 radical (unpaired) electrons. The average Bonchev–Trinajstić information content (AvgIpc) is 1.98. The van der Waals surface area contributed by atoms with Crippen LogP contribution in [-0.4, -0.2) is 43.3 Å². The van der Waals surface area contributed by atoms with Crippen LogP contribution in [-0.2, 0) is 4.74 Å². The predicted octanol–water partition coefficient (Wildman–Crippen LogP) is 0.0543. The number of rotatable bonds is 2. The zero-order chi connectivity index (χ0) is 8.27. The second kappa shape index (κ2) is 4.04. The van der Waals surface area contributed by atoms with Crippen molar-refractivity contribution in [3.8, 4) is 0 Å². The van der Waals surface area contributed by atoms with Gasteiger partial charge in [0, 0.05) is 25.7 Å². The van der Waals surface area contributed by atoms with E-state index in [1.807, 2.05) is 0 Å². The van der Waals surface area contributed by atoms with Gasteiger partial charge in [-0.2, -0.15) is 0 Å². The molecule has 11 heavy (non-hydrogen) atoms. The maximum absolute atomic E-state index is 5.48. The molecule has 2 N–H and O–H groups in total. The summed E-state index contributed by atoms with van der Waals surface area (Å²) in [6.45, 7) is 7.91. The van der Waals surface area contributed by atoms with Crippen molar-refractivity contribution in [1.82, 2.24) is 4.90 Å². The summed E-state index contributed by atoms with van der Waals surface area (Å²) < 4.78 is 5.48. The lowest BCUT2D eigenvalue weighted by Crippen LogP contribution is -2.48. The molecule has 1 fully saturated rings. The Morgan fingerprint density at radius 1 is 1.55 bits per heavy atom. The van der Waals surface area contributed by atoms with E-state index in [4.69, 9.17) is 10.5 Å². The highest BCUT2D eigenvalue weighted by molar-refractivity contribution is 4.74. The van der Waals surface area contributed by atoms with E-state index < -0.39 is 0 Å². The fraction of sp³-hybridized carbons (Fsp3) is 1.00. The van der Waals surface area contributed by atoms with Crippen LogP contribution in [0, 0.1) is 0 Å². The smallest absolute Gasteiger partial charge is 0.0674 e. The van der Waals surface area contributed by atoms with E-state index >= 15 is 0 Å². The fourth-order valence-electron chi connectivity index (χ4n) is 1.45. The van der Waals surface area contributed by atoms with Gasteiger partial charge in [0.15, 0.2) is 0 Å². The van der Waals surface area contributed by atoms with Gasteiger partial charge in [0.25, 0.3) is 0 Å². The zero-order valence-electron chi connectivity index (χ0n) is 7.42. The van der Waals surface area contributed by atoms with Gasteiger partial charge in [-0.25, -0.2) is 0 Å². The fourth-order valence-corrected chi connectivity index (χ4v) is 1.45. The molecule has 1 aliphatic heterocycles. The van der Waals surface area contributed by atoms with Crippen LogP contribution in [0.25, 0.3) is 0 Å². The van der Waals surface area contributed by atoms with E-state index in [1.165, 1.54) is 0 Å². The van der Waals surface area contributed by atoms with Crippen LogP contribution in [0.3, 0.4) is 0 Å². The van der Waals surface area contributed by atoms with Crippen molar-refractivity contribution >= 4 is 0 Å². The molecule has 0 saturated carbocycles. The van der Waals surface area contributed by atoms with E-state index in [2.05, 4.69) is 18.7 Å². The third-order valence-electron chi connectivity index (χ3n) is 2.15. The predicted molar refractivity (Wildman–Crippen MR) is 45.5 cm³/mol. The minimum absolute atomic E-state index is 0.373. The van der Waals surface area contributed by atoms with E-state index in [9.17, 15) is 0 Å². The minimum atomic E-state index is 0.373. The molecule has 2 atom stereocenters. The minimum Gasteiger partial charge on any atom is -0.376 e. The van der Waals surface area contributed by atoms with Crippen LogP contribution < -0.4 is 5.73 Å². The molecule has 3 heteroatoms. The lowest BCUT2D eigenvalue weighted by molar-refractivity contribution is -0.0479. The van der Waals surface area contributed by atoms with Crippen LogP contribution in [0.1, 0.15) is 13.8 Å². The number of hydrogen-bond acceptors (Lipinski definition) is 3. The van der Waals surface area contributed by atoms with Crippen molar-refractivity contribution in [2.75, 3.05) is 26.2 Å². The third-order valence-corrected chi connectivity index (χ3v) is 2.15. The van der Waals surface area contributed by atoms with Crippen LogP contribution in [0.4, 0.5) is 0 Å². The Bertz CT molecular complexity index is 119. The lowest BCUT2D eigenvalue weighted by atomic mass is 10.2. The number of ether oxygens (including phenoxy) is 1. The number of nitrogens with two attached hydrogens (primary N) is 1. The molecule has 0 aliphatic carbocycles. The first-order chi connectivity index (χ1) is 5.24. The Balaban J connectivity index is 2.34. The Morgan fingerprint density at radius 2 is 2.27 bits per heavy atom. The summed E-state index contributed by atoms with van der Waals surface area (Å²) in [5.74, 6) is 0. The molecule has 0 aromatic carbocycles. The third kappa shape index (κ3) is 2.43. The lowest BCUT2D eigenvalue weighted by Gasteiger charge is -2.36. The second-order valence-electron chi connectivity index (χ2n) is 3.28. The molecule has 1 rings (SSSR count). The second-order valence-corrected chi connectivity index (χ2v) is 3.28. The highest BCUT2D eigenvalue weighted by atomic mass is 16.5. The summed E-state index contributed by atoms with van der Waals surface area (Å²) in [6.07, 6.45) is 0.373. The molecule has 0 unspecified atom stereocenters. The molecular formula is C8H18N2O. The molecule has 3 nitrogen and oxygen atoms in total. The zero-order valence-corrected chi connectivity index (χ0v) is 7.42.